The lowest BCUT2D eigenvalue weighted by Gasteiger charge is -2.15. The van der Waals surface area contributed by atoms with E-state index in [-0.39, 0.29) is 18.9 Å². The van der Waals surface area contributed by atoms with E-state index < -0.39 is 14.3 Å². The molecule has 6 nitrogen and oxygen atoms in total. The van der Waals surface area contributed by atoms with Crippen molar-refractivity contribution in [3.8, 4) is 0 Å². The van der Waals surface area contributed by atoms with Gasteiger partial charge in [-0.25, -0.2) is 8.42 Å². The summed E-state index contributed by atoms with van der Waals surface area (Å²) in [7, 11) is 3.33. The molecule has 1 aliphatic rings. The molecule has 94 valence electrons. The summed E-state index contributed by atoms with van der Waals surface area (Å²) in [6, 6.07) is 0. The first-order valence-corrected chi connectivity index (χ1v) is 7.40. The molecule has 0 radical (unpaired) electrons. The van der Waals surface area contributed by atoms with E-state index in [2.05, 4.69) is 5.10 Å². The summed E-state index contributed by atoms with van der Waals surface area (Å²) in [5.41, 5.74) is 1.45. The van der Waals surface area contributed by atoms with Gasteiger partial charge >= 0.3 is 0 Å². The summed E-state index contributed by atoms with van der Waals surface area (Å²) in [6.45, 7) is 1.91. The van der Waals surface area contributed by atoms with Gasteiger partial charge in [0.25, 0.3) is 0 Å². The van der Waals surface area contributed by atoms with Gasteiger partial charge in [0, 0.05) is 30.7 Å². The molecule has 0 spiro atoms. The number of amides is 1. The van der Waals surface area contributed by atoms with E-state index in [0.717, 1.165) is 5.69 Å². The molecule has 1 aromatic rings. The van der Waals surface area contributed by atoms with Crippen LogP contribution in [-0.4, -0.2) is 35.9 Å². The molecule has 0 bridgehead atoms. The third-order valence-electron chi connectivity index (χ3n) is 2.99. The molecule has 0 saturated carbocycles. The minimum atomic E-state index is -3.70. The zero-order chi connectivity index (χ0) is 12.8. The Balaban J connectivity index is 2.31. The number of aromatic nitrogens is 2. The van der Waals surface area contributed by atoms with Crippen molar-refractivity contribution < 1.29 is 13.2 Å². The van der Waals surface area contributed by atoms with Crippen molar-refractivity contribution in [2.75, 3.05) is 11.4 Å². The third kappa shape index (κ3) is 2.16. The molecule has 1 atom stereocenters. The van der Waals surface area contributed by atoms with E-state index >= 15 is 0 Å². The molecular formula is C9H12ClN3O3S. The Morgan fingerprint density at radius 3 is 2.59 bits per heavy atom. The first-order chi connectivity index (χ1) is 7.80. The Bertz CT molecular complexity index is 566. The van der Waals surface area contributed by atoms with Crippen LogP contribution in [0, 0.1) is 6.92 Å². The molecule has 1 amide bonds. The van der Waals surface area contributed by atoms with Gasteiger partial charge in [0.15, 0.2) is 0 Å². The normalized spacial score (nSPS) is 21.2. The monoisotopic (exact) mass is 277 g/mol. The lowest BCUT2D eigenvalue weighted by atomic mass is 10.3. The summed E-state index contributed by atoms with van der Waals surface area (Å²) in [4.78, 5) is 13.2. The summed E-state index contributed by atoms with van der Waals surface area (Å²) in [5.74, 6) is -0.240. The zero-order valence-corrected chi connectivity index (χ0v) is 11.0. The van der Waals surface area contributed by atoms with Crippen LogP contribution in [0.1, 0.15) is 12.1 Å². The molecule has 17 heavy (non-hydrogen) atoms. The summed E-state index contributed by atoms with van der Waals surface area (Å²) in [6.07, 6.45) is 1.48. The fraction of sp³-hybridized carbons (Fsp3) is 0.556. The van der Waals surface area contributed by atoms with Crippen LogP contribution in [0.4, 0.5) is 5.69 Å². The van der Waals surface area contributed by atoms with Crippen molar-refractivity contribution in [3.63, 3.8) is 0 Å². The Hall–Kier alpha value is -1.08. The van der Waals surface area contributed by atoms with Crippen molar-refractivity contribution in [3.05, 3.63) is 11.9 Å². The van der Waals surface area contributed by atoms with Gasteiger partial charge in [-0.2, -0.15) is 5.10 Å². The maximum Gasteiger partial charge on any atom is 0.237 e. The average molecular weight is 278 g/mol. The molecule has 1 fully saturated rings. The summed E-state index contributed by atoms with van der Waals surface area (Å²) >= 11 is 0. The van der Waals surface area contributed by atoms with E-state index in [0.29, 0.717) is 5.69 Å². The number of rotatable bonds is 2. The lowest BCUT2D eigenvalue weighted by Crippen LogP contribution is -2.27. The van der Waals surface area contributed by atoms with Gasteiger partial charge < -0.3 is 4.90 Å². The quantitative estimate of drug-likeness (QED) is 0.734. The van der Waals surface area contributed by atoms with Gasteiger partial charge in [-0.1, -0.05) is 0 Å². The van der Waals surface area contributed by atoms with Crippen LogP contribution in [0.2, 0.25) is 0 Å². The van der Waals surface area contributed by atoms with Crippen molar-refractivity contribution >= 4 is 31.3 Å². The topological polar surface area (TPSA) is 72.3 Å². The Morgan fingerprint density at radius 2 is 2.18 bits per heavy atom. The highest BCUT2D eigenvalue weighted by atomic mass is 35.7. The standard InChI is InChI=1S/C9H12ClN3O3S/c1-6-8(4-11-12(6)2)13-5-7(3-9(13)14)17(10,15)16/h4,7H,3,5H2,1-2H3. The molecule has 1 aliphatic heterocycles. The van der Waals surface area contributed by atoms with Gasteiger partial charge in [-0.3, -0.25) is 9.48 Å². The Kier molecular flexibility index (Phi) is 2.90. The van der Waals surface area contributed by atoms with E-state index in [4.69, 9.17) is 10.7 Å². The molecule has 2 rings (SSSR count). The first-order valence-electron chi connectivity index (χ1n) is 5.03. The van der Waals surface area contributed by atoms with Crippen molar-refractivity contribution in [2.45, 2.75) is 18.6 Å². The number of nitrogens with zero attached hydrogens (tertiary/aromatic N) is 3. The van der Waals surface area contributed by atoms with E-state index in [1.54, 1.807) is 17.9 Å². The minimum Gasteiger partial charge on any atom is -0.308 e. The number of anilines is 1. The number of halogens is 1. The van der Waals surface area contributed by atoms with E-state index in [9.17, 15) is 13.2 Å². The second kappa shape index (κ2) is 3.99. The zero-order valence-electron chi connectivity index (χ0n) is 9.42. The molecule has 8 heteroatoms. The molecule has 1 unspecified atom stereocenters. The second-order valence-corrected chi connectivity index (χ2v) is 6.95. The van der Waals surface area contributed by atoms with Crippen LogP contribution >= 0.6 is 10.7 Å². The largest absolute Gasteiger partial charge is 0.308 e. The number of hydrogen-bond donors (Lipinski definition) is 0. The summed E-state index contributed by atoms with van der Waals surface area (Å²) < 4.78 is 24.1. The van der Waals surface area contributed by atoms with Crippen molar-refractivity contribution in [2.24, 2.45) is 7.05 Å². The predicted octanol–water partition coefficient (Wildman–Crippen LogP) is 0.402. The molecule has 1 aromatic heterocycles. The maximum absolute atomic E-state index is 11.8. The first kappa shape index (κ1) is 12.4. The average Bonchev–Trinajstić information content (AvgIpc) is 2.72. The molecule has 1 saturated heterocycles. The van der Waals surface area contributed by atoms with Gasteiger partial charge in [0.05, 0.1) is 17.6 Å². The van der Waals surface area contributed by atoms with E-state index in [1.807, 2.05) is 6.92 Å². The second-order valence-electron chi connectivity index (χ2n) is 4.04. The van der Waals surface area contributed by atoms with Crippen LogP contribution in [0.15, 0.2) is 6.20 Å². The summed E-state index contributed by atoms with van der Waals surface area (Å²) in [5, 5.41) is 3.19. The fourth-order valence-electron chi connectivity index (χ4n) is 1.85. The SMILES string of the molecule is Cc1c(N2CC(S(=O)(=O)Cl)CC2=O)cnn1C. The number of aryl methyl sites for hydroxylation is 1. The third-order valence-corrected chi connectivity index (χ3v) is 4.86. The van der Waals surface area contributed by atoms with Crippen LogP contribution in [0.25, 0.3) is 0 Å². The van der Waals surface area contributed by atoms with Crippen molar-refractivity contribution in [1.29, 1.82) is 0 Å². The highest BCUT2D eigenvalue weighted by Crippen LogP contribution is 2.28. The van der Waals surface area contributed by atoms with Crippen LogP contribution in [0.5, 0.6) is 0 Å². The number of hydrogen-bond acceptors (Lipinski definition) is 4. The lowest BCUT2D eigenvalue weighted by molar-refractivity contribution is -0.117. The highest BCUT2D eigenvalue weighted by molar-refractivity contribution is 8.14. The smallest absolute Gasteiger partial charge is 0.237 e. The Morgan fingerprint density at radius 1 is 1.53 bits per heavy atom. The fourth-order valence-corrected chi connectivity index (χ4v) is 2.88. The molecule has 2 heterocycles. The van der Waals surface area contributed by atoms with Gasteiger partial charge in [0.2, 0.25) is 15.0 Å². The van der Waals surface area contributed by atoms with Crippen molar-refractivity contribution in [1.82, 2.24) is 9.78 Å². The van der Waals surface area contributed by atoms with Crippen LogP contribution < -0.4 is 4.90 Å². The molecule has 0 aliphatic carbocycles. The maximum atomic E-state index is 11.8. The molecular weight excluding hydrogens is 266 g/mol. The van der Waals surface area contributed by atoms with E-state index in [1.165, 1.54) is 4.90 Å². The van der Waals surface area contributed by atoms with Crippen LogP contribution in [-0.2, 0) is 20.9 Å². The molecule has 0 N–H and O–H groups in total. The highest BCUT2D eigenvalue weighted by Gasteiger charge is 2.38. The van der Waals surface area contributed by atoms with Crippen LogP contribution in [0.3, 0.4) is 0 Å². The number of carbonyl (C=O) groups excluding carboxylic acids is 1. The van der Waals surface area contributed by atoms with Gasteiger partial charge in [-0.15, -0.1) is 0 Å². The Labute approximate surface area is 104 Å². The number of carbonyl (C=O) groups is 1. The molecule has 0 aromatic carbocycles. The predicted molar refractivity (Wildman–Crippen MR) is 63.5 cm³/mol. The minimum absolute atomic E-state index is 0.0693. The van der Waals surface area contributed by atoms with Gasteiger partial charge in [0.1, 0.15) is 5.25 Å². The van der Waals surface area contributed by atoms with Gasteiger partial charge in [-0.05, 0) is 6.92 Å².